The van der Waals surface area contributed by atoms with Crippen LogP contribution in [-0.4, -0.2) is 15.3 Å². The van der Waals surface area contributed by atoms with Crippen molar-refractivity contribution in [3.05, 3.63) is 99.8 Å². The number of benzene rings is 2. The third kappa shape index (κ3) is 3.78. The fourth-order valence-electron chi connectivity index (χ4n) is 3.05. The quantitative estimate of drug-likeness (QED) is 0.490. The lowest BCUT2D eigenvalue weighted by Gasteiger charge is -2.09. The van der Waals surface area contributed by atoms with E-state index in [0.717, 1.165) is 26.9 Å². The largest absolute Gasteiger partial charge is 0.306 e. The predicted molar refractivity (Wildman–Crippen MR) is 111 cm³/mol. The predicted octanol–water partition coefficient (Wildman–Crippen LogP) is 5.25. The Labute approximate surface area is 166 Å². The summed E-state index contributed by atoms with van der Waals surface area (Å²) in [5.41, 5.74) is 4.50. The van der Waals surface area contributed by atoms with Crippen molar-refractivity contribution in [2.24, 2.45) is 0 Å². The van der Waals surface area contributed by atoms with Gasteiger partial charge in [-0.3, -0.25) is 9.20 Å². The van der Waals surface area contributed by atoms with Crippen molar-refractivity contribution in [1.82, 2.24) is 9.38 Å². The number of amides is 1. The van der Waals surface area contributed by atoms with Crippen molar-refractivity contribution < 1.29 is 4.79 Å². The maximum Gasteiger partial charge on any atom is 0.256 e. The molecule has 0 saturated heterocycles. The summed E-state index contributed by atoms with van der Waals surface area (Å²) in [6.45, 7) is 2.02. The fraction of sp³-hybridized carbons (Fsp3) is 0.0909. The molecular weight excluding hydrogens is 402 g/mol. The minimum absolute atomic E-state index is 0.158. The molecule has 27 heavy (non-hydrogen) atoms. The molecule has 0 radical (unpaired) electrons. The summed E-state index contributed by atoms with van der Waals surface area (Å²) < 4.78 is 2.82. The lowest BCUT2D eigenvalue weighted by molar-refractivity contribution is 0.102. The number of hydrogen-bond donors (Lipinski definition) is 1. The van der Waals surface area contributed by atoms with Crippen LogP contribution in [0.15, 0.2) is 77.4 Å². The SMILES string of the molecule is Cc1ccc2nc(Cc3ccccc3)c(NC(=O)c3cccc(Br)c3)n2c1. The molecule has 5 heteroatoms. The number of aryl methyl sites for hydroxylation is 1. The van der Waals surface area contributed by atoms with Crippen LogP contribution in [0.5, 0.6) is 0 Å². The third-order valence-electron chi connectivity index (χ3n) is 4.37. The molecule has 0 aliphatic heterocycles. The topological polar surface area (TPSA) is 46.4 Å². The highest BCUT2D eigenvalue weighted by Crippen LogP contribution is 2.23. The molecule has 0 saturated carbocycles. The molecule has 0 aliphatic carbocycles. The number of nitrogens with one attached hydrogen (secondary N) is 1. The van der Waals surface area contributed by atoms with Gasteiger partial charge in [-0.15, -0.1) is 0 Å². The highest BCUT2D eigenvalue weighted by molar-refractivity contribution is 9.10. The van der Waals surface area contributed by atoms with Gasteiger partial charge < -0.3 is 5.32 Å². The minimum Gasteiger partial charge on any atom is -0.306 e. The first-order valence-electron chi connectivity index (χ1n) is 8.68. The summed E-state index contributed by atoms with van der Waals surface area (Å²) in [6.07, 6.45) is 2.64. The molecule has 0 fully saturated rings. The molecule has 4 nitrogen and oxygen atoms in total. The maximum absolute atomic E-state index is 12.8. The van der Waals surface area contributed by atoms with Gasteiger partial charge in [0, 0.05) is 22.7 Å². The molecule has 2 aromatic carbocycles. The first-order chi connectivity index (χ1) is 13.1. The molecule has 4 aromatic rings. The highest BCUT2D eigenvalue weighted by atomic mass is 79.9. The minimum atomic E-state index is -0.158. The number of halogens is 1. The molecule has 2 aromatic heterocycles. The smallest absolute Gasteiger partial charge is 0.256 e. The Kier molecular flexibility index (Phi) is 4.77. The number of nitrogens with zero attached hydrogens (tertiary/aromatic N) is 2. The van der Waals surface area contributed by atoms with E-state index < -0.39 is 0 Å². The van der Waals surface area contributed by atoms with Crippen molar-refractivity contribution in [1.29, 1.82) is 0 Å². The van der Waals surface area contributed by atoms with Crippen LogP contribution in [0.4, 0.5) is 5.82 Å². The van der Waals surface area contributed by atoms with Crippen LogP contribution in [0.1, 0.15) is 27.2 Å². The molecule has 1 amide bonds. The highest BCUT2D eigenvalue weighted by Gasteiger charge is 2.16. The molecule has 0 unspecified atom stereocenters. The fourth-order valence-corrected chi connectivity index (χ4v) is 3.45. The van der Waals surface area contributed by atoms with Gasteiger partial charge in [0.1, 0.15) is 11.5 Å². The van der Waals surface area contributed by atoms with Crippen LogP contribution < -0.4 is 5.32 Å². The molecule has 2 heterocycles. The zero-order chi connectivity index (χ0) is 18.8. The van der Waals surface area contributed by atoms with Gasteiger partial charge in [-0.2, -0.15) is 0 Å². The van der Waals surface area contributed by atoms with E-state index in [4.69, 9.17) is 4.98 Å². The monoisotopic (exact) mass is 419 g/mol. The molecule has 134 valence electrons. The Bertz CT molecular complexity index is 1120. The van der Waals surface area contributed by atoms with Crippen LogP contribution in [0.25, 0.3) is 5.65 Å². The number of imidazole rings is 1. The molecule has 0 atom stereocenters. The average molecular weight is 420 g/mol. The Hall–Kier alpha value is -2.92. The van der Waals surface area contributed by atoms with Gasteiger partial charge in [0.25, 0.3) is 5.91 Å². The second-order valence-electron chi connectivity index (χ2n) is 6.47. The molecule has 4 rings (SSSR count). The number of carbonyl (C=O) groups excluding carboxylic acids is 1. The van der Waals surface area contributed by atoms with Crippen molar-refractivity contribution in [2.75, 3.05) is 5.32 Å². The lowest BCUT2D eigenvalue weighted by Crippen LogP contribution is -2.15. The molecule has 0 aliphatic rings. The van der Waals surface area contributed by atoms with E-state index in [1.165, 1.54) is 0 Å². The zero-order valence-corrected chi connectivity index (χ0v) is 16.4. The summed E-state index contributed by atoms with van der Waals surface area (Å²) >= 11 is 3.42. The zero-order valence-electron chi connectivity index (χ0n) is 14.8. The van der Waals surface area contributed by atoms with E-state index in [2.05, 4.69) is 33.4 Å². The van der Waals surface area contributed by atoms with Gasteiger partial charge in [0.05, 0.1) is 5.69 Å². The average Bonchev–Trinajstić information content (AvgIpc) is 2.99. The van der Waals surface area contributed by atoms with Crippen LogP contribution in [0.3, 0.4) is 0 Å². The van der Waals surface area contributed by atoms with Gasteiger partial charge in [-0.05, 0) is 42.3 Å². The maximum atomic E-state index is 12.8. The molecular formula is C22H18BrN3O. The standard InChI is InChI=1S/C22H18BrN3O/c1-15-10-11-20-24-19(12-16-6-3-2-4-7-16)21(26(20)14-15)25-22(27)17-8-5-9-18(23)13-17/h2-11,13-14H,12H2,1H3,(H,25,27). The number of anilines is 1. The van der Waals surface area contributed by atoms with Crippen LogP contribution in [0.2, 0.25) is 0 Å². The summed E-state index contributed by atoms with van der Waals surface area (Å²) in [5, 5.41) is 3.07. The number of hydrogen-bond acceptors (Lipinski definition) is 2. The van der Waals surface area contributed by atoms with Gasteiger partial charge in [-0.1, -0.05) is 58.4 Å². The second-order valence-corrected chi connectivity index (χ2v) is 7.38. The summed E-state index contributed by atoms with van der Waals surface area (Å²) in [7, 11) is 0. The number of fused-ring (bicyclic) bond motifs is 1. The Morgan fingerprint density at radius 2 is 1.89 bits per heavy atom. The van der Waals surface area contributed by atoms with Gasteiger partial charge in [0.15, 0.2) is 0 Å². The van der Waals surface area contributed by atoms with Crippen molar-refractivity contribution in [3.8, 4) is 0 Å². The van der Waals surface area contributed by atoms with Gasteiger partial charge >= 0.3 is 0 Å². The van der Waals surface area contributed by atoms with Crippen LogP contribution in [-0.2, 0) is 6.42 Å². The molecule has 0 bridgehead atoms. The molecule has 1 N–H and O–H groups in total. The van der Waals surface area contributed by atoms with Crippen LogP contribution in [0, 0.1) is 6.92 Å². The van der Waals surface area contributed by atoms with E-state index in [1.807, 2.05) is 60.0 Å². The van der Waals surface area contributed by atoms with E-state index in [0.29, 0.717) is 17.8 Å². The normalized spacial score (nSPS) is 10.9. The third-order valence-corrected chi connectivity index (χ3v) is 4.86. The van der Waals surface area contributed by atoms with E-state index in [-0.39, 0.29) is 5.91 Å². The van der Waals surface area contributed by atoms with Crippen molar-refractivity contribution in [2.45, 2.75) is 13.3 Å². The van der Waals surface area contributed by atoms with Crippen LogP contribution >= 0.6 is 15.9 Å². The first-order valence-corrected chi connectivity index (χ1v) is 9.48. The summed E-state index contributed by atoms with van der Waals surface area (Å²) in [6, 6.07) is 21.5. The number of aromatic nitrogens is 2. The molecule has 0 spiro atoms. The lowest BCUT2D eigenvalue weighted by atomic mass is 10.1. The Morgan fingerprint density at radius 1 is 1.07 bits per heavy atom. The van der Waals surface area contributed by atoms with E-state index in [9.17, 15) is 4.79 Å². The number of rotatable bonds is 4. The van der Waals surface area contributed by atoms with E-state index in [1.54, 1.807) is 12.1 Å². The van der Waals surface area contributed by atoms with Crippen molar-refractivity contribution >= 4 is 33.3 Å². The van der Waals surface area contributed by atoms with Gasteiger partial charge in [0.2, 0.25) is 0 Å². The van der Waals surface area contributed by atoms with Crippen molar-refractivity contribution in [3.63, 3.8) is 0 Å². The van der Waals surface area contributed by atoms with E-state index >= 15 is 0 Å². The number of pyridine rings is 1. The number of carbonyl (C=O) groups is 1. The van der Waals surface area contributed by atoms with Gasteiger partial charge in [-0.25, -0.2) is 4.98 Å². The summed E-state index contributed by atoms with van der Waals surface area (Å²) in [5.74, 6) is 0.552. The second kappa shape index (κ2) is 7.37. The Balaban J connectivity index is 1.76. The Morgan fingerprint density at radius 3 is 2.67 bits per heavy atom. The first kappa shape index (κ1) is 17.5. The summed E-state index contributed by atoms with van der Waals surface area (Å²) in [4.78, 5) is 17.6.